The molecule has 3 rings (SSSR count). The molecule has 7 heteroatoms. The molecule has 130 valence electrons. The summed E-state index contributed by atoms with van der Waals surface area (Å²) in [7, 11) is 0. The van der Waals surface area contributed by atoms with E-state index in [4.69, 9.17) is 14.2 Å². The van der Waals surface area contributed by atoms with Gasteiger partial charge in [0.15, 0.2) is 0 Å². The van der Waals surface area contributed by atoms with E-state index in [-0.39, 0.29) is 19.0 Å². The van der Waals surface area contributed by atoms with Gasteiger partial charge in [-0.2, -0.15) is 0 Å². The molecule has 0 aliphatic heterocycles. The zero-order chi connectivity index (χ0) is 17.6. The summed E-state index contributed by atoms with van der Waals surface area (Å²) in [5.41, 5.74) is 0.897. The summed E-state index contributed by atoms with van der Waals surface area (Å²) < 4.78 is 18.2. The lowest BCUT2D eigenvalue weighted by Crippen LogP contribution is -2.09. The number of thiazole rings is 1. The molecule has 0 aliphatic rings. The van der Waals surface area contributed by atoms with E-state index < -0.39 is 0 Å². The Morgan fingerprint density at radius 1 is 1.16 bits per heavy atom. The maximum atomic E-state index is 11.3. The quantitative estimate of drug-likeness (QED) is 0.491. The van der Waals surface area contributed by atoms with Crippen molar-refractivity contribution in [1.82, 2.24) is 4.98 Å². The van der Waals surface area contributed by atoms with Crippen LogP contribution in [-0.4, -0.2) is 24.2 Å². The fourth-order valence-electron chi connectivity index (χ4n) is 2.11. The molecule has 1 aromatic heterocycles. The molecule has 0 radical (unpaired) electrons. The van der Waals surface area contributed by atoms with Crippen molar-refractivity contribution in [2.75, 3.05) is 13.2 Å². The minimum Gasteiger partial charge on any atom is -0.493 e. The van der Waals surface area contributed by atoms with E-state index in [0.29, 0.717) is 23.3 Å². The maximum absolute atomic E-state index is 11.3. The highest BCUT2D eigenvalue weighted by atomic mass is 79.9. The molecule has 0 saturated carbocycles. The van der Waals surface area contributed by atoms with E-state index in [9.17, 15) is 4.79 Å². The Bertz CT molecular complexity index is 863. The first kappa shape index (κ1) is 17.7. The Kier molecular flexibility index (Phi) is 5.88. The van der Waals surface area contributed by atoms with Gasteiger partial charge in [-0.3, -0.25) is 4.79 Å². The van der Waals surface area contributed by atoms with E-state index in [1.54, 1.807) is 19.1 Å². The molecule has 0 bridgehead atoms. The molecular formula is C18H16BrNO4S. The molecule has 0 spiro atoms. The Morgan fingerprint density at radius 2 is 1.92 bits per heavy atom. The summed E-state index contributed by atoms with van der Waals surface area (Å²) in [6.07, 6.45) is 0.230. The van der Waals surface area contributed by atoms with Crippen molar-refractivity contribution in [1.29, 1.82) is 0 Å². The van der Waals surface area contributed by atoms with Gasteiger partial charge in [-0.1, -0.05) is 27.3 Å². The van der Waals surface area contributed by atoms with Gasteiger partial charge in [0.1, 0.15) is 11.5 Å². The van der Waals surface area contributed by atoms with Crippen molar-refractivity contribution in [2.45, 2.75) is 13.3 Å². The van der Waals surface area contributed by atoms with E-state index in [0.717, 1.165) is 14.7 Å². The van der Waals surface area contributed by atoms with Gasteiger partial charge in [0, 0.05) is 4.47 Å². The van der Waals surface area contributed by atoms with Crippen LogP contribution in [0.4, 0.5) is 0 Å². The van der Waals surface area contributed by atoms with Crippen LogP contribution in [0.25, 0.3) is 10.2 Å². The van der Waals surface area contributed by atoms with Crippen LogP contribution >= 0.6 is 27.3 Å². The van der Waals surface area contributed by atoms with E-state index in [1.807, 2.05) is 30.3 Å². The molecule has 0 atom stereocenters. The number of carbonyl (C=O) groups is 1. The summed E-state index contributed by atoms with van der Waals surface area (Å²) in [6.45, 7) is 2.45. The van der Waals surface area contributed by atoms with Crippen LogP contribution < -0.4 is 9.47 Å². The van der Waals surface area contributed by atoms with Gasteiger partial charge in [-0.25, -0.2) is 4.98 Å². The van der Waals surface area contributed by atoms with Crippen LogP contribution in [0.2, 0.25) is 0 Å². The molecule has 0 saturated heterocycles. The highest BCUT2D eigenvalue weighted by molar-refractivity contribution is 9.10. The summed E-state index contributed by atoms with van der Waals surface area (Å²) in [5.74, 6) is 1.09. The molecule has 3 aromatic rings. The first-order valence-electron chi connectivity index (χ1n) is 7.76. The number of hydrogen-bond acceptors (Lipinski definition) is 6. The lowest BCUT2D eigenvalue weighted by Gasteiger charge is -2.07. The second kappa shape index (κ2) is 8.31. The number of benzene rings is 2. The standard InChI is InChI=1S/C18H16BrNO4S/c1-2-22-17(21)9-10-23-13-4-6-14(7-5-13)24-18-20-15-11-12(19)3-8-16(15)25-18/h3-8,11H,2,9-10H2,1H3. The molecule has 25 heavy (non-hydrogen) atoms. The molecular weight excluding hydrogens is 406 g/mol. The lowest BCUT2D eigenvalue weighted by atomic mass is 10.3. The number of rotatable bonds is 7. The topological polar surface area (TPSA) is 57.7 Å². The summed E-state index contributed by atoms with van der Waals surface area (Å²) >= 11 is 4.93. The fraction of sp³-hybridized carbons (Fsp3) is 0.222. The number of esters is 1. The van der Waals surface area contributed by atoms with Gasteiger partial charge in [-0.05, 0) is 49.4 Å². The third-order valence-electron chi connectivity index (χ3n) is 3.24. The van der Waals surface area contributed by atoms with Crippen molar-refractivity contribution in [3.8, 4) is 16.7 Å². The van der Waals surface area contributed by atoms with Gasteiger partial charge in [0.05, 0.1) is 29.9 Å². The van der Waals surface area contributed by atoms with Crippen LogP contribution in [0.3, 0.4) is 0 Å². The van der Waals surface area contributed by atoms with Gasteiger partial charge >= 0.3 is 5.97 Å². The SMILES string of the molecule is CCOC(=O)CCOc1ccc(Oc2nc3cc(Br)ccc3s2)cc1. The van der Waals surface area contributed by atoms with Crippen LogP contribution in [0, 0.1) is 0 Å². The van der Waals surface area contributed by atoms with Gasteiger partial charge in [-0.15, -0.1) is 0 Å². The molecule has 0 amide bonds. The average Bonchev–Trinajstić information content (AvgIpc) is 2.98. The maximum Gasteiger partial charge on any atom is 0.309 e. The first-order chi connectivity index (χ1) is 12.1. The van der Waals surface area contributed by atoms with Crippen molar-refractivity contribution < 1.29 is 19.0 Å². The highest BCUT2D eigenvalue weighted by Crippen LogP contribution is 2.33. The molecule has 0 unspecified atom stereocenters. The number of fused-ring (bicyclic) bond motifs is 1. The Hall–Kier alpha value is -2.12. The minimum atomic E-state index is -0.259. The van der Waals surface area contributed by atoms with Crippen LogP contribution in [0.5, 0.6) is 16.7 Å². The number of hydrogen-bond donors (Lipinski definition) is 0. The second-order valence-corrected chi connectivity index (χ2v) is 6.98. The van der Waals surface area contributed by atoms with Gasteiger partial charge in [0.2, 0.25) is 0 Å². The zero-order valence-corrected chi connectivity index (χ0v) is 15.9. The molecule has 0 fully saturated rings. The van der Waals surface area contributed by atoms with Crippen molar-refractivity contribution in [2.24, 2.45) is 0 Å². The Morgan fingerprint density at radius 3 is 2.68 bits per heavy atom. The Balaban J connectivity index is 1.57. The summed E-state index contributed by atoms with van der Waals surface area (Å²) in [5, 5.41) is 0.587. The predicted octanol–water partition coefficient (Wildman–Crippen LogP) is 5.18. The van der Waals surface area contributed by atoms with Crippen molar-refractivity contribution in [3.63, 3.8) is 0 Å². The summed E-state index contributed by atoms with van der Waals surface area (Å²) in [4.78, 5) is 15.7. The van der Waals surface area contributed by atoms with Crippen LogP contribution in [0.15, 0.2) is 46.9 Å². The molecule has 1 heterocycles. The monoisotopic (exact) mass is 421 g/mol. The number of aromatic nitrogens is 1. The molecule has 2 aromatic carbocycles. The van der Waals surface area contributed by atoms with E-state index in [1.165, 1.54) is 11.3 Å². The molecule has 0 N–H and O–H groups in total. The number of carbonyl (C=O) groups excluding carboxylic acids is 1. The third-order valence-corrected chi connectivity index (χ3v) is 4.65. The smallest absolute Gasteiger partial charge is 0.309 e. The van der Waals surface area contributed by atoms with Crippen molar-refractivity contribution >= 4 is 43.5 Å². The van der Waals surface area contributed by atoms with Crippen LogP contribution in [0.1, 0.15) is 13.3 Å². The minimum absolute atomic E-state index is 0.230. The number of ether oxygens (including phenoxy) is 3. The van der Waals surface area contributed by atoms with Crippen molar-refractivity contribution in [3.05, 3.63) is 46.9 Å². The van der Waals surface area contributed by atoms with Gasteiger partial charge < -0.3 is 14.2 Å². The molecule has 5 nitrogen and oxygen atoms in total. The zero-order valence-electron chi connectivity index (χ0n) is 13.5. The summed E-state index contributed by atoms with van der Waals surface area (Å²) in [6, 6.07) is 13.1. The largest absolute Gasteiger partial charge is 0.493 e. The van der Waals surface area contributed by atoms with E-state index in [2.05, 4.69) is 20.9 Å². The van der Waals surface area contributed by atoms with E-state index >= 15 is 0 Å². The second-order valence-electron chi connectivity index (χ2n) is 5.07. The average molecular weight is 422 g/mol. The predicted molar refractivity (Wildman–Crippen MR) is 101 cm³/mol. The van der Waals surface area contributed by atoms with Crippen LogP contribution in [-0.2, 0) is 9.53 Å². The normalized spacial score (nSPS) is 10.6. The van der Waals surface area contributed by atoms with Gasteiger partial charge in [0.25, 0.3) is 5.19 Å². The highest BCUT2D eigenvalue weighted by Gasteiger charge is 2.07. The fourth-order valence-corrected chi connectivity index (χ4v) is 3.28. The number of nitrogens with zero attached hydrogens (tertiary/aromatic N) is 1. The molecule has 0 aliphatic carbocycles. The Labute approximate surface area is 157 Å². The number of halogens is 1. The lowest BCUT2D eigenvalue weighted by molar-refractivity contribution is -0.143. The first-order valence-corrected chi connectivity index (χ1v) is 9.37. The third kappa shape index (κ3) is 4.93.